The van der Waals surface area contributed by atoms with Crippen LogP contribution < -0.4 is 14.8 Å². The van der Waals surface area contributed by atoms with Crippen molar-refractivity contribution in [2.24, 2.45) is 23.7 Å². The number of hydrogen-bond donors (Lipinski definition) is 2. The minimum absolute atomic E-state index is 0.105. The van der Waals surface area contributed by atoms with Gasteiger partial charge in [0.15, 0.2) is 10.8 Å². The van der Waals surface area contributed by atoms with Crippen molar-refractivity contribution >= 4 is 33.6 Å². The maximum atomic E-state index is 13.2. The molecule has 2 N–H and O–H groups in total. The highest BCUT2D eigenvalue weighted by molar-refractivity contribution is 7.90. The van der Waals surface area contributed by atoms with Gasteiger partial charge in [0.1, 0.15) is 10.8 Å². The van der Waals surface area contributed by atoms with Gasteiger partial charge in [0.2, 0.25) is 5.88 Å². The van der Waals surface area contributed by atoms with E-state index in [1.165, 1.54) is 48.6 Å². The molecule has 4 heterocycles. The van der Waals surface area contributed by atoms with Crippen LogP contribution in [0.2, 0.25) is 5.15 Å². The second-order valence-corrected chi connectivity index (χ2v) is 18.3. The van der Waals surface area contributed by atoms with E-state index in [2.05, 4.69) is 39.0 Å². The Hall–Kier alpha value is -3.75. The Labute approximate surface area is 317 Å². The van der Waals surface area contributed by atoms with Crippen LogP contribution in [0.5, 0.6) is 5.88 Å². The molecule has 1 aliphatic heterocycles. The van der Waals surface area contributed by atoms with Gasteiger partial charge in [0.05, 0.1) is 17.9 Å². The molecule has 2 amide bonds. The summed E-state index contributed by atoms with van der Waals surface area (Å²) in [5, 5.41) is 7.30. The van der Waals surface area contributed by atoms with E-state index in [4.69, 9.17) is 21.1 Å². The predicted molar refractivity (Wildman–Crippen MR) is 200 cm³/mol. The van der Waals surface area contributed by atoms with Gasteiger partial charge in [-0.1, -0.05) is 17.7 Å². The van der Waals surface area contributed by atoms with Gasteiger partial charge < -0.3 is 19.7 Å². The Morgan fingerprint density at radius 1 is 1.06 bits per heavy atom. The van der Waals surface area contributed by atoms with E-state index in [0.29, 0.717) is 49.6 Å². The van der Waals surface area contributed by atoms with Crippen LogP contribution in [0.1, 0.15) is 102 Å². The lowest BCUT2D eigenvalue weighted by molar-refractivity contribution is 0.0130. The summed E-state index contributed by atoms with van der Waals surface area (Å²) in [7, 11) is -4.31. The number of pyridine rings is 2. The summed E-state index contributed by atoms with van der Waals surface area (Å²) in [6, 6.07) is 9.33. The molecule has 3 fully saturated rings. The molecule has 6 rings (SSSR count). The number of amides is 2. The van der Waals surface area contributed by atoms with Gasteiger partial charge in [0.25, 0.3) is 15.9 Å². The fraction of sp³-hybridized carbons (Fsp3) is 0.605. The molecule has 0 bridgehead atoms. The first-order valence-corrected chi connectivity index (χ1v) is 20.5. The van der Waals surface area contributed by atoms with Crippen LogP contribution in [0.25, 0.3) is 5.82 Å². The Kier molecular flexibility index (Phi) is 11.7. The maximum absolute atomic E-state index is 13.2. The number of halogens is 1. The fourth-order valence-corrected chi connectivity index (χ4v) is 8.51. The number of aromatic nitrogens is 4. The van der Waals surface area contributed by atoms with Crippen molar-refractivity contribution in [3.05, 3.63) is 59.0 Å². The standard InChI is InChI=1S/C38H52ClN7O6S/c1-37(2,3)52-36(48)45-24-25(22-38(45,4)5)8-7-19-40-23-28-9-6-10-33(41-28)53(49,50)44-35(47)30-15-16-31(42-34(30)39)46-20-17-32(43-46)51-21-18-29(26-11-12-26)27-13-14-27/h6,9-10,15-17,20,25-27,29,40H,7-8,11-14,18-19,21-24H2,1-5H3,(H,44,47). The van der Waals surface area contributed by atoms with Crippen molar-refractivity contribution in [2.75, 3.05) is 19.7 Å². The number of carbonyl (C=O) groups is 2. The van der Waals surface area contributed by atoms with Crippen LogP contribution in [0.15, 0.2) is 47.6 Å². The highest BCUT2D eigenvalue weighted by Crippen LogP contribution is 2.50. The lowest BCUT2D eigenvalue weighted by atomic mass is 9.93. The van der Waals surface area contributed by atoms with Crippen LogP contribution in [0, 0.1) is 23.7 Å². The molecule has 288 valence electrons. The monoisotopic (exact) mass is 769 g/mol. The molecular formula is C38H52ClN7O6S. The molecule has 2 aliphatic carbocycles. The van der Waals surface area contributed by atoms with Crippen LogP contribution in [0.4, 0.5) is 4.79 Å². The van der Waals surface area contributed by atoms with Gasteiger partial charge in [-0.25, -0.2) is 24.2 Å². The summed E-state index contributed by atoms with van der Waals surface area (Å²) in [4.78, 5) is 36.2. The number of nitrogens with zero attached hydrogens (tertiary/aromatic N) is 5. The molecule has 0 spiro atoms. The number of rotatable bonds is 16. The molecule has 3 aliphatic rings. The lowest BCUT2D eigenvalue weighted by Crippen LogP contribution is -2.45. The summed E-state index contributed by atoms with van der Waals surface area (Å²) in [5.41, 5.74) is -0.411. The van der Waals surface area contributed by atoms with E-state index in [0.717, 1.165) is 43.4 Å². The Morgan fingerprint density at radius 2 is 1.79 bits per heavy atom. The Bertz CT molecular complexity index is 1870. The van der Waals surface area contributed by atoms with Crippen molar-refractivity contribution in [3.63, 3.8) is 0 Å². The molecule has 15 heteroatoms. The van der Waals surface area contributed by atoms with E-state index in [9.17, 15) is 18.0 Å². The third kappa shape index (κ3) is 10.5. The SMILES string of the molecule is CC(C)(C)OC(=O)N1CC(CCCNCc2cccc(S(=O)(=O)NC(=O)c3ccc(-n4ccc(OCCC(C5CC5)C5CC5)n4)nc3Cl)n2)CC1(C)C. The third-order valence-electron chi connectivity index (χ3n) is 10.2. The molecule has 3 aromatic rings. The molecule has 13 nitrogen and oxygen atoms in total. The summed E-state index contributed by atoms with van der Waals surface area (Å²) in [5.74, 6) is 2.76. The quantitative estimate of drug-likeness (QED) is 0.121. The molecule has 3 aromatic heterocycles. The highest BCUT2D eigenvalue weighted by Gasteiger charge is 2.43. The molecule has 1 atom stereocenters. The molecule has 0 radical (unpaired) electrons. The minimum atomic E-state index is -4.31. The molecular weight excluding hydrogens is 718 g/mol. The Balaban J connectivity index is 0.957. The second-order valence-electron chi connectivity index (χ2n) is 16.3. The number of carbonyl (C=O) groups excluding carboxylic acids is 2. The van der Waals surface area contributed by atoms with Crippen molar-refractivity contribution in [3.8, 4) is 11.7 Å². The number of nitrogens with one attached hydrogen (secondary N) is 2. The number of sulfonamides is 1. The zero-order chi connectivity index (χ0) is 38.0. The first-order valence-electron chi connectivity index (χ1n) is 18.7. The van der Waals surface area contributed by atoms with Crippen LogP contribution in [0.3, 0.4) is 0 Å². The topological polar surface area (TPSA) is 158 Å². The molecule has 1 unspecified atom stereocenters. The summed E-state index contributed by atoms with van der Waals surface area (Å²) in [6.45, 7) is 12.0. The van der Waals surface area contributed by atoms with Gasteiger partial charge in [-0.05, 0) is 140 Å². The van der Waals surface area contributed by atoms with E-state index >= 15 is 0 Å². The average Bonchev–Trinajstić information content (AvgIpc) is 4.02. The normalized spacial score (nSPS) is 18.7. The van der Waals surface area contributed by atoms with E-state index in [1.54, 1.807) is 24.4 Å². The molecule has 53 heavy (non-hydrogen) atoms. The van der Waals surface area contributed by atoms with Gasteiger partial charge in [0, 0.05) is 30.9 Å². The van der Waals surface area contributed by atoms with Crippen LogP contribution in [-0.2, 0) is 21.3 Å². The van der Waals surface area contributed by atoms with Gasteiger partial charge in [-0.3, -0.25) is 4.79 Å². The summed E-state index contributed by atoms with van der Waals surface area (Å²) < 4.78 is 41.4. The van der Waals surface area contributed by atoms with E-state index in [1.807, 2.05) is 25.7 Å². The van der Waals surface area contributed by atoms with Crippen LogP contribution >= 0.6 is 11.6 Å². The number of ether oxygens (including phenoxy) is 2. The maximum Gasteiger partial charge on any atom is 0.410 e. The second kappa shape index (κ2) is 15.9. The van der Waals surface area contributed by atoms with Crippen molar-refractivity contribution in [1.82, 2.24) is 34.7 Å². The molecule has 1 saturated heterocycles. The molecule has 2 saturated carbocycles. The third-order valence-corrected chi connectivity index (χ3v) is 11.7. The summed E-state index contributed by atoms with van der Waals surface area (Å²) >= 11 is 6.37. The van der Waals surface area contributed by atoms with Gasteiger partial charge in [-0.2, -0.15) is 8.42 Å². The van der Waals surface area contributed by atoms with Crippen LogP contribution in [-0.4, -0.2) is 75.9 Å². The van der Waals surface area contributed by atoms with Crippen molar-refractivity contribution in [2.45, 2.75) is 109 Å². The van der Waals surface area contributed by atoms with Crippen molar-refractivity contribution < 1.29 is 27.5 Å². The molecule has 0 aromatic carbocycles. The largest absolute Gasteiger partial charge is 0.477 e. The van der Waals surface area contributed by atoms with E-state index < -0.39 is 21.5 Å². The smallest absolute Gasteiger partial charge is 0.410 e. The first kappa shape index (κ1) is 39.0. The van der Waals surface area contributed by atoms with Gasteiger partial charge >= 0.3 is 6.09 Å². The Morgan fingerprint density at radius 3 is 2.47 bits per heavy atom. The zero-order valence-electron chi connectivity index (χ0n) is 31.3. The average molecular weight is 770 g/mol. The highest BCUT2D eigenvalue weighted by atomic mass is 35.5. The van der Waals surface area contributed by atoms with Gasteiger partial charge in [-0.15, -0.1) is 5.10 Å². The number of hydrogen-bond acceptors (Lipinski definition) is 10. The summed E-state index contributed by atoms with van der Waals surface area (Å²) in [6.07, 6.45) is 10.5. The number of likely N-dealkylation sites (tertiary alicyclic amines) is 1. The lowest BCUT2D eigenvalue weighted by Gasteiger charge is -2.33. The fourth-order valence-electron chi connectivity index (χ4n) is 7.32. The van der Waals surface area contributed by atoms with E-state index in [-0.39, 0.29) is 27.4 Å². The van der Waals surface area contributed by atoms with Crippen molar-refractivity contribution in [1.29, 1.82) is 0 Å². The minimum Gasteiger partial charge on any atom is -0.477 e. The first-order chi connectivity index (χ1) is 25.1. The predicted octanol–water partition coefficient (Wildman–Crippen LogP) is 6.54. The zero-order valence-corrected chi connectivity index (χ0v) is 32.9.